The number of allylic oxidation sites excluding steroid dienone is 1. The largest absolute Gasteiger partial charge is 0.465 e. The van der Waals surface area contributed by atoms with Gasteiger partial charge in [-0.2, -0.15) is 0 Å². The molecule has 0 radical (unpaired) electrons. The van der Waals surface area contributed by atoms with Gasteiger partial charge in [0.15, 0.2) is 0 Å². The second kappa shape index (κ2) is 4.68. The number of fused-ring (bicyclic) bond motifs is 2. The van der Waals surface area contributed by atoms with Crippen LogP contribution in [0.3, 0.4) is 0 Å². The highest BCUT2D eigenvalue weighted by molar-refractivity contribution is 7.62. The molecular weight excluding hydrogens is 287 g/mol. The van der Waals surface area contributed by atoms with Gasteiger partial charge < -0.3 is 4.74 Å². The first kappa shape index (κ1) is 14.0. The van der Waals surface area contributed by atoms with Crippen molar-refractivity contribution in [1.82, 2.24) is 9.34 Å². The van der Waals surface area contributed by atoms with Crippen LogP contribution in [0.2, 0.25) is 0 Å². The Balaban J connectivity index is 1.54. The molecule has 21 heavy (non-hydrogen) atoms. The summed E-state index contributed by atoms with van der Waals surface area (Å²) in [7, 11) is 1.40. The van der Waals surface area contributed by atoms with Gasteiger partial charge in [-0.3, -0.25) is 9.36 Å². The lowest BCUT2D eigenvalue weighted by atomic mass is 9.91. The molecule has 6 heteroatoms. The Labute approximate surface area is 125 Å². The van der Waals surface area contributed by atoms with Crippen molar-refractivity contribution >= 4 is 13.4 Å². The van der Waals surface area contributed by atoms with E-state index < -0.39 is 7.44 Å². The van der Waals surface area contributed by atoms with E-state index in [4.69, 9.17) is 4.74 Å². The summed E-state index contributed by atoms with van der Waals surface area (Å²) in [5.74, 6) is 2.45. The van der Waals surface area contributed by atoms with Gasteiger partial charge in [0.2, 0.25) is 7.44 Å². The van der Waals surface area contributed by atoms with Crippen molar-refractivity contribution in [3.63, 3.8) is 0 Å². The SMILES string of the molecule is CN1[C@@H]2CCCC[C@H]2N(C)P1(=O)/C=C/[C@@H]1[C@@H]2COC(=O)[C@H]12. The molecule has 0 unspecified atom stereocenters. The molecule has 0 aromatic carbocycles. The van der Waals surface area contributed by atoms with Gasteiger partial charge in [0.05, 0.1) is 12.5 Å². The van der Waals surface area contributed by atoms with E-state index in [2.05, 4.69) is 9.34 Å². The number of esters is 1. The van der Waals surface area contributed by atoms with Crippen LogP contribution in [0.5, 0.6) is 0 Å². The summed E-state index contributed by atoms with van der Waals surface area (Å²) >= 11 is 0. The van der Waals surface area contributed by atoms with Crippen molar-refractivity contribution in [2.45, 2.75) is 37.8 Å². The average Bonchev–Trinajstić information content (AvgIpc) is 3.02. The normalized spacial score (nSPS) is 45.6. The third-order valence-electron chi connectivity index (χ3n) is 5.98. The van der Waals surface area contributed by atoms with Crippen LogP contribution in [0.1, 0.15) is 25.7 Å². The highest BCUT2D eigenvalue weighted by Gasteiger charge is 2.60. The minimum absolute atomic E-state index is 0.0355. The summed E-state index contributed by atoms with van der Waals surface area (Å²) in [5, 5.41) is 0. The molecule has 2 aliphatic carbocycles. The second-order valence-electron chi connectivity index (χ2n) is 6.89. The van der Waals surface area contributed by atoms with E-state index in [0.717, 1.165) is 12.8 Å². The number of likely N-dealkylation sites (N-methyl/N-ethyl adjacent to an activating group) is 2. The predicted octanol–water partition coefficient (Wildman–Crippen LogP) is 2.30. The number of rotatable bonds is 2. The van der Waals surface area contributed by atoms with E-state index in [9.17, 15) is 9.36 Å². The maximum absolute atomic E-state index is 13.4. The number of hydrogen-bond donors (Lipinski definition) is 0. The monoisotopic (exact) mass is 310 g/mol. The van der Waals surface area contributed by atoms with E-state index in [0.29, 0.717) is 24.6 Å². The van der Waals surface area contributed by atoms with Crippen LogP contribution in [-0.4, -0.2) is 48.1 Å². The van der Waals surface area contributed by atoms with Crippen LogP contribution in [0, 0.1) is 17.8 Å². The lowest BCUT2D eigenvalue weighted by molar-refractivity contribution is -0.141. The Hall–Kier alpha value is -0.640. The van der Waals surface area contributed by atoms with Crippen LogP contribution >= 0.6 is 7.44 Å². The summed E-state index contributed by atoms with van der Waals surface area (Å²) in [4.78, 5) is 11.5. The van der Waals surface area contributed by atoms with Gasteiger partial charge in [-0.25, -0.2) is 9.34 Å². The minimum atomic E-state index is -2.60. The maximum atomic E-state index is 13.4. The van der Waals surface area contributed by atoms with E-state index in [1.807, 2.05) is 26.0 Å². The van der Waals surface area contributed by atoms with Gasteiger partial charge >= 0.3 is 5.97 Å². The molecule has 0 bridgehead atoms. The molecule has 0 aromatic rings. The average molecular weight is 310 g/mol. The van der Waals surface area contributed by atoms with Crippen molar-refractivity contribution in [3.8, 4) is 0 Å². The molecule has 5 atom stereocenters. The fraction of sp³-hybridized carbons (Fsp3) is 0.800. The second-order valence-corrected chi connectivity index (χ2v) is 9.63. The molecule has 0 aromatic heterocycles. The zero-order chi connectivity index (χ0) is 14.8. The molecule has 2 heterocycles. The van der Waals surface area contributed by atoms with Crippen LogP contribution < -0.4 is 0 Å². The van der Waals surface area contributed by atoms with Crippen molar-refractivity contribution in [3.05, 3.63) is 11.9 Å². The van der Waals surface area contributed by atoms with Crippen molar-refractivity contribution in [2.75, 3.05) is 20.7 Å². The molecule has 0 N–H and O–H groups in total. The van der Waals surface area contributed by atoms with Crippen LogP contribution in [-0.2, 0) is 14.1 Å². The van der Waals surface area contributed by atoms with E-state index in [1.54, 1.807) is 0 Å². The summed E-state index contributed by atoms with van der Waals surface area (Å²) in [6.45, 7) is 0.541. The first-order valence-corrected chi connectivity index (χ1v) is 9.64. The van der Waals surface area contributed by atoms with Gasteiger partial charge in [-0.05, 0) is 32.9 Å². The standard InChI is InChI=1S/C15H23N2O3P/c1-16-12-5-3-4-6-13(12)17(2)21(16,19)8-7-10-11-9-20-15(18)14(10)11/h7-8,10-14H,3-6,9H2,1-2H3/b8-7+/t10-,11+,12-,13-,14-/m1/s1. The number of carbonyl (C=O) groups excluding carboxylic acids is 1. The fourth-order valence-electron chi connectivity index (χ4n) is 4.52. The quantitative estimate of drug-likeness (QED) is 0.578. The lowest BCUT2D eigenvalue weighted by Gasteiger charge is -2.28. The molecule has 2 aliphatic heterocycles. The summed E-state index contributed by atoms with van der Waals surface area (Å²) < 4.78 is 22.6. The van der Waals surface area contributed by atoms with Crippen molar-refractivity contribution in [2.24, 2.45) is 17.8 Å². The highest BCUT2D eigenvalue weighted by atomic mass is 31.2. The molecular formula is C15H23N2O3P. The van der Waals surface area contributed by atoms with E-state index in [1.165, 1.54) is 12.8 Å². The fourth-order valence-corrected chi connectivity index (χ4v) is 7.19. The first-order valence-electron chi connectivity index (χ1n) is 7.96. The number of nitrogens with zero attached hydrogens (tertiary/aromatic N) is 2. The number of carbonyl (C=O) groups is 1. The van der Waals surface area contributed by atoms with E-state index >= 15 is 0 Å². The zero-order valence-corrected chi connectivity index (χ0v) is 13.5. The number of ether oxygens (including phenoxy) is 1. The predicted molar refractivity (Wildman–Crippen MR) is 79.7 cm³/mol. The Morgan fingerprint density at radius 3 is 2.33 bits per heavy atom. The Bertz CT molecular complexity index is 527. The molecule has 2 saturated heterocycles. The first-order chi connectivity index (χ1) is 10.0. The van der Waals surface area contributed by atoms with Gasteiger partial charge in [0.1, 0.15) is 0 Å². The van der Waals surface area contributed by atoms with Gasteiger partial charge in [0, 0.05) is 23.8 Å². The van der Waals surface area contributed by atoms with Gasteiger partial charge in [-0.1, -0.05) is 18.9 Å². The van der Waals surface area contributed by atoms with Crippen molar-refractivity contribution < 1.29 is 14.1 Å². The Morgan fingerprint density at radius 1 is 1.19 bits per heavy atom. The molecule has 5 nitrogen and oxygen atoms in total. The molecule has 2 saturated carbocycles. The summed E-state index contributed by atoms with van der Waals surface area (Å²) in [6, 6.07) is 0.839. The minimum Gasteiger partial charge on any atom is -0.465 e. The van der Waals surface area contributed by atoms with Gasteiger partial charge in [-0.15, -0.1) is 0 Å². The Morgan fingerprint density at radius 2 is 1.81 bits per heavy atom. The third kappa shape index (κ3) is 1.90. The smallest absolute Gasteiger partial charge is 0.309 e. The molecule has 4 aliphatic rings. The van der Waals surface area contributed by atoms with Crippen LogP contribution in [0.4, 0.5) is 0 Å². The maximum Gasteiger partial charge on any atom is 0.309 e. The van der Waals surface area contributed by atoms with Crippen LogP contribution in [0.15, 0.2) is 11.9 Å². The number of hydrogen-bond acceptors (Lipinski definition) is 3. The highest BCUT2D eigenvalue weighted by Crippen LogP contribution is 2.64. The molecule has 116 valence electrons. The lowest BCUT2D eigenvalue weighted by Crippen LogP contribution is -2.37. The molecule has 0 spiro atoms. The molecule has 4 rings (SSSR count). The van der Waals surface area contributed by atoms with Crippen molar-refractivity contribution in [1.29, 1.82) is 0 Å². The Kier molecular flexibility index (Phi) is 3.11. The molecule has 4 fully saturated rings. The zero-order valence-electron chi connectivity index (χ0n) is 12.6. The number of cyclic esters (lactones) is 1. The summed E-state index contributed by atoms with van der Waals surface area (Å²) in [6.07, 6.45) is 6.79. The van der Waals surface area contributed by atoms with Crippen LogP contribution in [0.25, 0.3) is 0 Å². The topological polar surface area (TPSA) is 49.9 Å². The third-order valence-corrected chi connectivity index (χ3v) is 8.94. The summed E-state index contributed by atoms with van der Waals surface area (Å²) in [5.41, 5.74) is 0. The van der Waals surface area contributed by atoms with Gasteiger partial charge in [0.25, 0.3) is 0 Å². The molecule has 0 amide bonds. The van der Waals surface area contributed by atoms with E-state index in [-0.39, 0.29) is 17.8 Å².